The monoisotopic (exact) mass is 498 g/mol. The van der Waals surface area contributed by atoms with Gasteiger partial charge in [-0.3, -0.25) is 4.79 Å². The molecule has 0 saturated heterocycles. The minimum atomic E-state index is -0.501. The highest BCUT2D eigenvalue weighted by molar-refractivity contribution is 9.10. The van der Waals surface area contributed by atoms with Gasteiger partial charge in [0.1, 0.15) is 11.4 Å². The molecule has 2 aromatic carbocycles. The fourth-order valence-corrected chi connectivity index (χ4v) is 3.15. The Labute approximate surface area is 193 Å². The Morgan fingerprint density at radius 3 is 2.62 bits per heavy atom. The van der Waals surface area contributed by atoms with Crippen LogP contribution < -0.4 is 21.6 Å². The molecule has 0 aliphatic heterocycles. The molecule has 0 saturated carbocycles. The number of carbonyl (C=O) groups is 1. The van der Waals surface area contributed by atoms with Crippen LogP contribution in [0, 0.1) is 6.92 Å². The van der Waals surface area contributed by atoms with Crippen molar-refractivity contribution in [3.05, 3.63) is 79.7 Å². The summed E-state index contributed by atoms with van der Waals surface area (Å²) in [6.07, 6.45) is 1.43. The number of hydrogen-bond acceptors (Lipinski definition) is 8. The quantitative estimate of drug-likeness (QED) is 0.181. The third-order valence-corrected chi connectivity index (χ3v) is 5.01. The minimum absolute atomic E-state index is 0.0345. The molecule has 10 heteroatoms. The summed E-state index contributed by atoms with van der Waals surface area (Å²) in [6.45, 7) is 7.37. The molecule has 0 amide bonds. The lowest BCUT2D eigenvalue weighted by atomic mass is 9.93. The van der Waals surface area contributed by atoms with E-state index in [1.54, 1.807) is 30.3 Å². The molecule has 0 unspecified atom stereocenters. The van der Waals surface area contributed by atoms with Crippen LogP contribution in [-0.4, -0.2) is 27.1 Å². The van der Waals surface area contributed by atoms with Crippen LogP contribution in [0.2, 0.25) is 0 Å². The Kier molecular flexibility index (Phi) is 6.73. The molecule has 32 heavy (non-hydrogen) atoms. The van der Waals surface area contributed by atoms with Gasteiger partial charge in [-0.2, -0.15) is 9.78 Å². The molecule has 0 atom stereocenters. The number of halogens is 1. The standard InChI is InChI=1S/C22H23BrN6O3/c1-13-7-5-6-8-16(13)20(31)32-17-10-9-15(23)11-14(17)12-25-27-21-28-26-18(22(2,3)4)19(30)29(21)24/h5-12H,24H2,1-4H3,(H,27,28). The van der Waals surface area contributed by atoms with Crippen molar-refractivity contribution >= 4 is 34.1 Å². The second-order valence-corrected chi connectivity index (χ2v) is 8.97. The molecule has 3 aromatic rings. The third kappa shape index (κ3) is 5.20. The summed E-state index contributed by atoms with van der Waals surface area (Å²) in [4.78, 5) is 25.0. The van der Waals surface area contributed by atoms with E-state index in [4.69, 9.17) is 10.6 Å². The van der Waals surface area contributed by atoms with Gasteiger partial charge in [0.2, 0.25) is 0 Å². The van der Waals surface area contributed by atoms with Crippen molar-refractivity contribution in [2.75, 3.05) is 11.3 Å². The zero-order chi connectivity index (χ0) is 23.5. The molecule has 9 nitrogen and oxygen atoms in total. The molecule has 0 spiro atoms. The molecular weight excluding hydrogens is 476 g/mol. The summed E-state index contributed by atoms with van der Waals surface area (Å²) in [7, 11) is 0. The first-order chi connectivity index (χ1) is 15.1. The average molecular weight is 499 g/mol. The molecule has 0 radical (unpaired) electrons. The zero-order valence-electron chi connectivity index (χ0n) is 18.1. The van der Waals surface area contributed by atoms with Crippen LogP contribution in [-0.2, 0) is 5.41 Å². The number of anilines is 1. The normalized spacial score (nSPS) is 11.5. The third-order valence-electron chi connectivity index (χ3n) is 4.51. The molecule has 0 aliphatic rings. The Hall–Kier alpha value is -3.53. The number of nitrogens with one attached hydrogen (secondary N) is 1. The molecule has 1 aromatic heterocycles. The maximum atomic E-state index is 12.6. The van der Waals surface area contributed by atoms with Gasteiger partial charge in [-0.1, -0.05) is 54.9 Å². The van der Waals surface area contributed by atoms with Crippen molar-refractivity contribution in [3.63, 3.8) is 0 Å². The van der Waals surface area contributed by atoms with Crippen molar-refractivity contribution in [1.29, 1.82) is 0 Å². The van der Waals surface area contributed by atoms with Crippen molar-refractivity contribution in [1.82, 2.24) is 14.9 Å². The molecule has 0 fully saturated rings. The van der Waals surface area contributed by atoms with E-state index in [1.165, 1.54) is 6.21 Å². The van der Waals surface area contributed by atoms with Gasteiger partial charge in [-0.15, -0.1) is 10.2 Å². The lowest BCUT2D eigenvalue weighted by Gasteiger charge is -2.17. The molecule has 3 rings (SSSR count). The fraction of sp³-hybridized carbons (Fsp3) is 0.227. The van der Waals surface area contributed by atoms with Gasteiger partial charge < -0.3 is 10.6 Å². The first-order valence-corrected chi connectivity index (χ1v) is 10.5. The van der Waals surface area contributed by atoms with Crippen molar-refractivity contribution in [3.8, 4) is 5.75 Å². The number of rotatable bonds is 5. The van der Waals surface area contributed by atoms with E-state index in [1.807, 2.05) is 39.8 Å². The Bertz CT molecular complexity index is 1250. The molecule has 0 aliphatic carbocycles. The van der Waals surface area contributed by atoms with Gasteiger partial charge in [0, 0.05) is 15.5 Å². The van der Waals surface area contributed by atoms with Crippen LogP contribution in [0.3, 0.4) is 0 Å². The number of hydrogen-bond donors (Lipinski definition) is 2. The summed E-state index contributed by atoms with van der Waals surface area (Å²) >= 11 is 3.39. The van der Waals surface area contributed by atoms with Gasteiger partial charge in [0.15, 0.2) is 0 Å². The number of hydrazone groups is 1. The maximum Gasteiger partial charge on any atom is 0.343 e. The fourth-order valence-electron chi connectivity index (χ4n) is 2.78. The van der Waals surface area contributed by atoms with E-state index in [2.05, 4.69) is 36.7 Å². The largest absolute Gasteiger partial charge is 0.422 e. The topological polar surface area (TPSA) is 124 Å². The summed E-state index contributed by atoms with van der Waals surface area (Å²) < 4.78 is 7.20. The summed E-state index contributed by atoms with van der Waals surface area (Å²) in [5.41, 5.74) is 3.66. The van der Waals surface area contributed by atoms with Gasteiger partial charge in [-0.05, 0) is 36.8 Å². The Morgan fingerprint density at radius 1 is 1.22 bits per heavy atom. The lowest BCUT2D eigenvalue weighted by Crippen LogP contribution is -2.38. The highest BCUT2D eigenvalue weighted by Gasteiger charge is 2.22. The average Bonchev–Trinajstić information content (AvgIpc) is 2.72. The van der Waals surface area contributed by atoms with Gasteiger partial charge in [-0.25, -0.2) is 10.2 Å². The highest BCUT2D eigenvalue weighted by Crippen LogP contribution is 2.23. The summed E-state index contributed by atoms with van der Waals surface area (Å²) in [5, 5.41) is 12.0. The lowest BCUT2D eigenvalue weighted by molar-refractivity contribution is 0.0733. The van der Waals surface area contributed by atoms with Gasteiger partial charge >= 0.3 is 5.97 Å². The van der Waals surface area contributed by atoms with Crippen LogP contribution in [0.15, 0.2) is 56.8 Å². The SMILES string of the molecule is Cc1ccccc1C(=O)Oc1ccc(Br)cc1C=NNc1nnc(C(C)(C)C)c(=O)n1N. The molecule has 166 valence electrons. The van der Waals surface area contributed by atoms with Gasteiger partial charge in [0.25, 0.3) is 11.5 Å². The van der Waals surface area contributed by atoms with E-state index in [9.17, 15) is 9.59 Å². The second-order valence-electron chi connectivity index (χ2n) is 8.05. The van der Waals surface area contributed by atoms with E-state index < -0.39 is 16.9 Å². The molecule has 1 heterocycles. The van der Waals surface area contributed by atoms with Crippen molar-refractivity contribution in [2.24, 2.45) is 5.10 Å². The number of esters is 1. The predicted octanol–water partition coefficient (Wildman–Crippen LogP) is 3.39. The number of aryl methyl sites for hydroxylation is 1. The van der Waals surface area contributed by atoms with Crippen molar-refractivity contribution < 1.29 is 9.53 Å². The van der Waals surface area contributed by atoms with Gasteiger partial charge in [0.05, 0.1) is 11.8 Å². The van der Waals surface area contributed by atoms with E-state index >= 15 is 0 Å². The van der Waals surface area contributed by atoms with Crippen LogP contribution in [0.5, 0.6) is 5.75 Å². The van der Waals surface area contributed by atoms with Crippen molar-refractivity contribution in [2.45, 2.75) is 33.1 Å². The second kappa shape index (κ2) is 9.31. The Balaban J connectivity index is 1.83. The number of aromatic nitrogens is 3. The molecule has 0 bridgehead atoms. The minimum Gasteiger partial charge on any atom is -0.422 e. The number of nitrogens with zero attached hydrogens (tertiary/aromatic N) is 4. The van der Waals surface area contributed by atoms with Crippen LogP contribution in [0.4, 0.5) is 5.95 Å². The summed E-state index contributed by atoms with van der Waals surface area (Å²) in [6, 6.07) is 12.3. The maximum absolute atomic E-state index is 12.6. The van der Waals surface area contributed by atoms with Crippen LogP contribution in [0.25, 0.3) is 0 Å². The number of carbonyl (C=O) groups excluding carboxylic acids is 1. The highest BCUT2D eigenvalue weighted by atomic mass is 79.9. The smallest absolute Gasteiger partial charge is 0.343 e. The number of nitrogen functional groups attached to an aromatic ring is 1. The van der Waals surface area contributed by atoms with E-state index in [-0.39, 0.29) is 11.6 Å². The zero-order valence-corrected chi connectivity index (χ0v) is 19.7. The first kappa shape index (κ1) is 23.1. The predicted molar refractivity (Wildman–Crippen MR) is 127 cm³/mol. The Morgan fingerprint density at radius 2 is 1.94 bits per heavy atom. The molecule has 3 N–H and O–H groups in total. The van der Waals surface area contributed by atoms with Crippen LogP contribution >= 0.6 is 15.9 Å². The number of benzene rings is 2. The summed E-state index contributed by atoms with van der Waals surface area (Å²) in [5.74, 6) is 5.64. The van der Waals surface area contributed by atoms with E-state index in [0.717, 1.165) is 14.7 Å². The molecular formula is C22H23BrN6O3. The number of ether oxygens (including phenoxy) is 1. The number of nitrogens with two attached hydrogens (primary N) is 1. The first-order valence-electron chi connectivity index (χ1n) is 9.69. The van der Waals surface area contributed by atoms with Crippen LogP contribution in [0.1, 0.15) is 48.0 Å². The van der Waals surface area contributed by atoms with E-state index in [0.29, 0.717) is 16.9 Å².